The van der Waals surface area contributed by atoms with Gasteiger partial charge in [-0.05, 0) is 56.9 Å². The minimum atomic E-state index is -0.460. The summed E-state index contributed by atoms with van der Waals surface area (Å²) in [6, 6.07) is 9.36. The molecule has 1 saturated heterocycles. The lowest BCUT2D eigenvalue weighted by molar-refractivity contribution is -0.143. The average molecular weight is 513 g/mol. The van der Waals surface area contributed by atoms with Crippen molar-refractivity contribution in [3.8, 4) is 16.9 Å². The van der Waals surface area contributed by atoms with Crippen molar-refractivity contribution in [1.82, 2.24) is 28.9 Å². The summed E-state index contributed by atoms with van der Waals surface area (Å²) in [4.78, 5) is 34.9. The lowest BCUT2D eigenvalue weighted by atomic mass is 10.1. The summed E-state index contributed by atoms with van der Waals surface area (Å²) in [5.74, 6) is 0.00493. The summed E-state index contributed by atoms with van der Waals surface area (Å²) in [6.45, 7) is 4.49. The maximum absolute atomic E-state index is 13.5. The number of carbonyl (C=O) groups excluding carboxylic acids is 1. The number of benzene rings is 1. The van der Waals surface area contributed by atoms with Gasteiger partial charge >= 0.3 is 11.7 Å². The van der Waals surface area contributed by atoms with Gasteiger partial charge in [0.15, 0.2) is 6.23 Å². The normalized spacial score (nSPS) is 15.8. The number of hydrogen-bond acceptors (Lipinski definition) is 7. The highest BCUT2D eigenvalue weighted by atomic mass is 16.5. The first-order valence-electron chi connectivity index (χ1n) is 12.8. The number of nitrogens with zero attached hydrogens (tertiary/aromatic N) is 6. The number of pyridine rings is 2. The Morgan fingerprint density at radius 2 is 2.00 bits per heavy atom. The molecule has 0 N–H and O–H groups in total. The summed E-state index contributed by atoms with van der Waals surface area (Å²) in [5, 5.41) is 5.57. The van der Waals surface area contributed by atoms with Crippen molar-refractivity contribution in [2.24, 2.45) is 0 Å². The molecule has 1 aliphatic rings. The quantitative estimate of drug-likeness (QED) is 0.314. The van der Waals surface area contributed by atoms with E-state index in [0.29, 0.717) is 16.9 Å². The van der Waals surface area contributed by atoms with Gasteiger partial charge in [-0.2, -0.15) is 5.10 Å². The molecule has 10 heteroatoms. The molecule has 5 aromatic rings. The van der Waals surface area contributed by atoms with Gasteiger partial charge in [0.25, 0.3) is 0 Å². The van der Waals surface area contributed by atoms with E-state index in [9.17, 15) is 9.59 Å². The van der Waals surface area contributed by atoms with Crippen LogP contribution in [0.4, 0.5) is 0 Å². The van der Waals surface area contributed by atoms with E-state index in [4.69, 9.17) is 9.47 Å². The highest BCUT2D eigenvalue weighted by molar-refractivity contribution is 5.93. The van der Waals surface area contributed by atoms with Gasteiger partial charge in [0.1, 0.15) is 12.4 Å². The number of aromatic nitrogens is 6. The Balaban J connectivity index is 1.40. The summed E-state index contributed by atoms with van der Waals surface area (Å²) >= 11 is 0. The molecule has 1 aliphatic heterocycles. The molecule has 1 atom stereocenters. The first-order chi connectivity index (χ1) is 18.6. The van der Waals surface area contributed by atoms with E-state index >= 15 is 0 Å². The molecule has 0 amide bonds. The van der Waals surface area contributed by atoms with Crippen molar-refractivity contribution in [3.63, 3.8) is 0 Å². The zero-order chi connectivity index (χ0) is 26.2. The Hall–Kier alpha value is -4.31. The Morgan fingerprint density at radius 1 is 1.11 bits per heavy atom. The van der Waals surface area contributed by atoms with E-state index in [1.165, 1.54) is 4.57 Å². The van der Waals surface area contributed by atoms with Gasteiger partial charge in [-0.25, -0.2) is 19.0 Å². The zero-order valence-electron chi connectivity index (χ0n) is 21.3. The van der Waals surface area contributed by atoms with E-state index in [1.807, 2.05) is 54.3 Å². The van der Waals surface area contributed by atoms with Crippen LogP contribution in [-0.2, 0) is 20.8 Å². The lowest BCUT2D eigenvalue weighted by Crippen LogP contribution is -2.27. The minimum absolute atomic E-state index is 0.0826. The van der Waals surface area contributed by atoms with Crippen molar-refractivity contribution in [2.45, 2.75) is 45.9 Å². The molecule has 6 rings (SSSR count). The van der Waals surface area contributed by atoms with E-state index < -0.39 is 5.97 Å². The standard InChI is InChI=1S/C28H28N6O4/c1-3-37-26(35)17-32-22-8-6-7-18(2)27(22)33(28(32)36)24-11-10-19(13-30-24)20-14-29-16-23-21(20)15-31-34(23)25-9-4-5-12-38-25/h6-8,10-11,13-16,25H,3-5,9,12,17H2,1-2H3. The van der Waals surface area contributed by atoms with Gasteiger partial charge in [0, 0.05) is 35.5 Å². The maximum Gasteiger partial charge on any atom is 0.335 e. The smallest absolute Gasteiger partial charge is 0.335 e. The molecule has 0 saturated carbocycles. The number of ether oxygens (including phenoxy) is 2. The van der Waals surface area contributed by atoms with Crippen LogP contribution < -0.4 is 5.69 Å². The topological polar surface area (TPSA) is 106 Å². The second kappa shape index (κ2) is 9.86. The molecule has 1 fully saturated rings. The lowest BCUT2D eigenvalue weighted by Gasteiger charge is -2.23. The Labute approximate surface area is 218 Å². The van der Waals surface area contributed by atoms with E-state index in [0.717, 1.165) is 53.5 Å². The number of hydrogen-bond donors (Lipinski definition) is 0. The van der Waals surface area contributed by atoms with Gasteiger partial charge in [0.05, 0.1) is 35.6 Å². The third-order valence-corrected chi connectivity index (χ3v) is 6.99. The number of fused-ring (bicyclic) bond motifs is 2. The van der Waals surface area contributed by atoms with Crippen molar-refractivity contribution < 1.29 is 14.3 Å². The molecular formula is C28H28N6O4. The number of aryl methyl sites for hydroxylation is 1. The molecule has 1 aromatic carbocycles. The predicted octanol–water partition coefficient (Wildman–Crippen LogP) is 4.17. The third-order valence-electron chi connectivity index (χ3n) is 6.99. The molecule has 194 valence electrons. The second-order valence-electron chi connectivity index (χ2n) is 9.39. The van der Waals surface area contributed by atoms with Crippen LogP contribution in [0.15, 0.2) is 59.9 Å². The average Bonchev–Trinajstić information content (AvgIpc) is 3.49. The first kappa shape index (κ1) is 24.1. The molecule has 4 aromatic heterocycles. The molecule has 0 aliphatic carbocycles. The number of rotatable bonds is 6. The summed E-state index contributed by atoms with van der Waals surface area (Å²) in [5.41, 5.74) is 4.58. The number of carbonyl (C=O) groups is 1. The Kier molecular flexibility index (Phi) is 6.24. The van der Waals surface area contributed by atoms with E-state index in [1.54, 1.807) is 23.9 Å². The van der Waals surface area contributed by atoms with Crippen molar-refractivity contribution in [1.29, 1.82) is 0 Å². The molecule has 0 spiro atoms. The second-order valence-corrected chi connectivity index (χ2v) is 9.39. The maximum atomic E-state index is 13.5. The predicted molar refractivity (Wildman–Crippen MR) is 142 cm³/mol. The van der Waals surface area contributed by atoms with E-state index in [-0.39, 0.29) is 25.1 Å². The van der Waals surface area contributed by atoms with Crippen LogP contribution >= 0.6 is 0 Å². The van der Waals surface area contributed by atoms with Crippen molar-refractivity contribution >= 4 is 27.9 Å². The van der Waals surface area contributed by atoms with Gasteiger partial charge in [-0.15, -0.1) is 0 Å². The fraction of sp³-hybridized carbons (Fsp3) is 0.321. The largest absolute Gasteiger partial charge is 0.465 e. The highest BCUT2D eigenvalue weighted by Crippen LogP contribution is 2.31. The number of esters is 1. The number of imidazole rings is 1. The van der Waals surface area contributed by atoms with Crippen LogP contribution in [0.3, 0.4) is 0 Å². The molecule has 0 bridgehead atoms. The summed E-state index contributed by atoms with van der Waals surface area (Å²) in [7, 11) is 0. The van der Waals surface area contributed by atoms with Crippen LogP contribution in [0.1, 0.15) is 38.0 Å². The fourth-order valence-corrected chi connectivity index (χ4v) is 5.19. The molecule has 1 unspecified atom stereocenters. The summed E-state index contributed by atoms with van der Waals surface area (Å²) in [6.07, 6.45) is 10.2. The van der Waals surface area contributed by atoms with Crippen LogP contribution in [0.25, 0.3) is 38.9 Å². The number of para-hydroxylation sites is 1. The molecule has 10 nitrogen and oxygen atoms in total. The monoisotopic (exact) mass is 512 g/mol. The molecule has 5 heterocycles. The molecular weight excluding hydrogens is 484 g/mol. The third kappa shape index (κ3) is 4.06. The minimum Gasteiger partial charge on any atom is -0.465 e. The fourth-order valence-electron chi connectivity index (χ4n) is 5.19. The van der Waals surface area contributed by atoms with Gasteiger partial charge in [-0.3, -0.25) is 14.3 Å². The SMILES string of the molecule is CCOC(=O)Cn1c(=O)n(-c2ccc(-c3cncc4c3cnn4C3CCCCO3)cn2)c2c(C)cccc21. The van der Waals surface area contributed by atoms with Gasteiger partial charge < -0.3 is 9.47 Å². The van der Waals surface area contributed by atoms with Gasteiger partial charge in [-0.1, -0.05) is 12.1 Å². The Morgan fingerprint density at radius 3 is 2.76 bits per heavy atom. The van der Waals surface area contributed by atoms with Crippen LogP contribution in [0.2, 0.25) is 0 Å². The summed E-state index contributed by atoms with van der Waals surface area (Å²) < 4.78 is 15.9. The zero-order valence-corrected chi connectivity index (χ0v) is 21.3. The van der Waals surface area contributed by atoms with Crippen LogP contribution in [-0.4, -0.2) is 48.1 Å². The van der Waals surface area contributed by atoms with Crippen LogP contribution in [0, 0.1) is 6.92 Å². The Bertz CT molecular complexity index is 1690. The highest BCUT2D eigenvalue weighted by Gasteiger charge is 2.21. The molecule has 38 heavy (non-hydrogen) atoms. The first-order valence-corrected chi connectivity index (χ1v) is 12.8. The van der Waals surface area contributed by atoms with Crippen molar-refractivity contribution in [2.75, 3.05) is 13.2 Å². The van der Waals surface area contributed by atoms with Crippen LogP contribution in [0.5, 0.6) is 0 Å². The molecule has 0 radical (unpaired) electrons. The van der Waals surface area contributed by atoms with E-state index in [2.05, 4.69) is 15.1 Å². The van der Waals surface area contributed by atoms with Gasteiger partial charge in [0.2, 0.25) is 0 Å². The van der Waals surface area contributed by atoms with Crippen molar-refractivity contribution in [3.05, 3.63) is 71.2 Å².